The fourth-order valence-corrected chi connectivity index (χ4v) is 4.93. The number of carbonyl (C=O) groups excluding carboxylic acids is 1. The van der Waals surface area contributed by atoms with Gasteiger partial charge in [0.1, 0.15) is 5.75 Å². The summed E-state index contributed by atoms with van der Waals surface area (Å²) in [7, 11) is -3.57. The van der Waals surface area contributed by atoms with E-state index in [9.17, 15) is 23.4 Å². The quantitative estimate of drug-likeness (QED) is 0.274. The Balaban J connectivity index is 1.40. The molecule has 0 unspecified atom stereocenters. The number of amides is 1. The number of sulfonamides is 1. The predicted molar refractivity (Wildman–Crippen MR) is 138 cm³/mol. The Morgan fingerprint density at radius 1 is 1.22 bits per heavy atom. The topological polar surface area (TPSA) is 144 Å². The van der Waals surface area contributed by atoms with Crippen molar-refractivity contribution in [2.45, 2.75) is 25.5 Å². The third kappa shape index (κ3) is 6.16. The van der Waals surface area contributed by atoms with E-state index in [4.69, 9.17) is 4.74 Å². The lowest BCUT2D eigenvalue weighted by atomic mass is 10.0. The summed E-state index contributed by atoms with van der Waals surface area (Å²) in [6, 6.07) is 10.0. The number of anilines is 1. The summed E-state index contributed by atoms with van der Waals surface area (Å²) in [5, 5.41) is 24.8. The number of nitrogens with zero attached hydrogens (tertiary/aromatic N) is 1. The molecular weight excluding hydrogens is 484 g/mol. The number of phenols is 1. The zero-order valence-corrected chi connectivity index (χ0v) is 21.1. The van der Waals surface area contributed by atoms with Crippen LogP contribution in [0.1, 0.15) is 34.5 Å². The van der Waals surface area contributed by atoms with E-state index in [1.165, 1.54) is 12.1 Å². The van der Waals surface area contributed by atoms with Crippen molar-refractivity contribution >= 4 is 32.5 Å². The lowest BCUT2D eigenvalue weighted by Crippen LogP contribution is -2.40. The molecule has 2 heterocycles. The number of carbonyl (C=O) groups is 1. The molecule has 0 spiro atoms. The average molecular weight is 517 g/mol. The highest BCUT2D eigenvalue weighted by molar-refractivity contribution is 7.92. The third-order valence-corrected chi connectivity index (χ3v) is 6.81. The van der Waals surface area contributed by atoms with Crippen LogP contribution in [0, 0.1) is 0 Å². The SMILES string of the molecule is C[C@H](Cc1c[nH]c2c(C(=O)N3CCOCC3)cccc12)NC[C@H](O)c1ccc(O)c(NS(C)(=O)=O)c1. The van der Waals surface area contributed by atoms with Gasteiger partial charge in [0.2, 0.25) is 10.0 Å². The van der Waals surface area contributed by atoms with Gasteiger partial charge in [-0.2, -0.15) is 0 Å². The number of aliphatic hydroxyl groups is 1. The molecule has 3 aromatic rings. The van der Waals surface area contributed by atoms with Crippen LogP contribution >= 0.6 is 0 Å². The molecule has 0 saturated carbocycles. The molecule has 36 heavy (non-hydrogen) atoms. The number of benzene rings is 2. The number of hydrogen-bond donors (Lipinski definition) is 5. The number of aromatic amines is 1. The van der Waals surface area contributed by atoms with Crippen LogP contribution in [0.5, 0.6) is 5.75 Å². The number of fused-ring (bicyclic) bond motifs is 1. The highest BCUT2D eigenvalue weighted by Crippen LogP contribution is 2.28. The lowest BCUT2D eigenvalue weighted by molar-refractivity contribution is 0.0304. The molecule has 0 radical (unpaired) electrons. The maximum absolute atomic E-state index is 13.0. The summed E-state index contributed by atoms with van der Waals surface area (Å²) in [6.07, 6.45) is 2.66. The van der Waals surface area contributed by atoms with Crippen LogP contribution < -0.4 is 10.0 Å². The number of para-hydroxylation sites is 1. The van der Waals surface area contributed by atoms with Crippen molar-refractivity contribution in [3.63, 3.8) is 0 Å². The average Bonchev–Trinajstić information content (AvgIpc) is 3.26. The number of hydrogen-bond acceptors (Lipinski definition) is 7. The minimum atomic E-state index is -3.57. The number of aliphatic hydroxyl groups excluding tert-OH is 1. The molecule has 1 fully saturated rings. The maximum Gasteiger partial charge on any atom is 0.256 e. The van der Waals surface area contributed by atoms with Crippen LogP contribution in [0.25, 0.3) is 10.9 Å². The van der Waals surface area contributed by atoms with E-state index in [-0.39, 0.29) is 29.9 Å². The van der Waals surface area contributed by atoms with Crippen LogP contribution in [0.15, 0.2) is 42.6 Å². The first kappa shape index (κ1) is 26.0. The van der Waals surface area contributed by atoms with Crippen molar-refractivity contribution in [3.8, 4) is 5.75 Å². The number of aromatic nitrogens is 1. The normalized spacial score (nSPS) is 16.1. The molecule has 194 valence electrons. The van der Waals surface area contributed by atoms with Crippen molar-refractivity contribution in [2.24, 2.45) is 0 Å². The summed E-state index contributed by atoms with van der Waals surface area (Å²) in [6.45, 7) is 4.49. The van der Waals surface area contributed by atoms with Crippen molar-refractivity contribution in [1.82, 2.24) is 15.2 Å². The molecule has 10 nitrogen and oxygen atoms in total. The van der Waals surface area contributed by atoms with Crippen LogP contribution in [-0.2, 0) is 21.2 Å². The highest BCUT2D eigenvalue weighted by Gasteiger charge is 2.22. The summed E-state index contributed by atoms with van der Waals surface area (Å²) in [5.74, 6) is -0.228. The first-order valence-electron chi connectivity index (χ1n) is 11.8. The Morgan fingerprint density at radius 3 is 2.69 bits per heavy atom. The van der Waals surface area contributed by atoms with E-state index in [0.717, 1.165) is 22.7 Å². The van der Waals surface area contributed by atoms with Crippen LogP contribution in [0.2, 0.25) is 0 Å². The number of H-pyrrole nitrogens is 1. The fourth-order valence-electron chi connectivity index (χ4n) is 4.37. The van der Waals surface area contributed by atoms with Gasteiger partial charge in [0.05, 0.1) is 42.3 Å². The molecule has 4 rings (SSSR count). The zero-order valence-electron chi connectivity index (χ0n) is 20.3. The molecular formula is C25H32N4O6S. The van der Waals surface area contributed by atoms with E-state index in [1.54, 1.807) is 6.07 Å². The molecule has 1 aliphatic heterocycles. The summed E-state index contributed by atoms with van der Waals surface area (Å²) in [4.78, 5) is 18.1. The van der Waals surface area contributed by atoms with E-state index in [0.29, 0.717) is 43.9 Å². The lowest BCUT2D eigenvalue weighted by Gasteiger charge is -2.27. The van der Waals surface area contributed by atoms with Gasteiger partial charge in [-0.3, -0.25) is 9.52 Å². The number of rotatable bonds is 9. The largest absolute Gasteiger partial charge is 0.506 e. The van der Waals surface area contributed by atoms with Gasteiger partial charge < -0.3 is 30.2 Å². The smallest absolute Gasteiger partial charge is 0.256 e. The van der Waals surface area contributed by atoms with Gasteiger partial charge in [0.15, 0.2) is 0 Å². The van der Waals surface area contributed by atoms with Crippen molar-refractivity contribution in [3.05, 3.63) is 59.3 Å². The van der Waals surface area contributed by atoms with Gasteiger partial charge in [-0.1, -0.05) is 18.2 Å². The first-order chi connectivity index (χ1) is 17.1. The molecule has 5 N–H and O–H groups in total. The Kier molecular flexibility index (Phi) is 7.84. The summed E-state index contributed by atoms with van der Waals surface area (Å²) < 4.78 is 30.6. The molecule has 0 aliphatic carbocycles. The second-order valence-electron chi connectivity index (χ2n) is 9.13. The van der Waals surface area contributed by atoms with Gasteiger partial charge in [0.25, 0.3) is 5.91 Å². The van der Waals surface area contributed by atoms with Gasteiger partial charge in [-0.25, -0.2) is 8.42 Å². The van der Waals surface area contributed by atoms with Crippen molar-refractivity contribution < 1.29 is 28.2 Å². The molecule has 11 heteroatoms. The number of phenolic OH excluding ortho intramolecular Hbond substituents is 1. The number of ether oxygens (including phenoxy) is 1. The molecule has 2 aromatic carbocycles. The first-order valence-corrected chi connectivity index (χ1v) is 13.7. The van der Waals surface area contributed by atoms with E-state index in [1.807, 2.05) is 36.2 Å². The minimum Gasteiger partial charge on any atom is -0.506 e. The molecule has 1 saturated heterocycles. The predicted octanol–water partition coefficient (Wildman–Crippen LogP) is 1.97. The Hall–Kier alpha value is -3.12. The Bertz CT molecular complexity index is 1330. The van der Waals surface area contributed by atoms with E-state index in [2.05, 4.69) is 15.0 Å². The second-order valence-corrected chi connectivity index (χ2v) is 10.9. The summed E-state index contributed by atoms with van der Waals surface area (Å²) >= 11 is 0. The summed E-state index contributed by atoms with van der Waals surface area (Å²) in [5.41, 5.74) is 2.99. The van der Waals surface area contributed by atoms with Gasteiger partial charge in [-0.15, -0.1) is 0 Å². The zero-order chi connectivity index (χ0) is 25.9. The minimum absolute atomic E-state index is 0.00276. The Labute approximate surface area is 210 Å². The molecule has 0 bridgehead atoms. The van der Waals surface area contributed by atoms with Gasteiger partial charge in [0, 0.05) is 37.3 Å². The number of aromatic hydroxyl groups is 1. The second kappa shape index (κ2) is 10.9. The standard InChI is InChI=1S/C25H32N4O6S/c1-16(26-15-23(31)17-6-7-22(30)21(13-17)28-36(2,33)34)12-18-14-27-24-19(18)4-3-5-20(24)25(32)29-8-10-35-11-9-29/h3-7,13-14,16,23,26-28,30-31H,8-12,15H2,1-2H3/t16-,23+/m1/s1. The highest BCUT2D eigenvalue weighted by atomic mass is 32.2. The fraction of sp³-hybridized carbons (Fsp3) is 0.400. The Morgan fingerprint density at radius 2 is 1.97 bits per heavy atom. The monoisotopic (exact) mass is 516 g/mol. The molecule has 1 aromatic heterocycles. The van der Waals surface area contributed by atoms with Crippen LogP contribution in [0.3, 0.4) is 0 Å². The van der Waals surface area contributed by atoms with Crippen LogP contribution in [0.4, 0.5) is 5.69 Å². The molecule has 1 aliphatic rings. The van der Waals surface area contributed by atoms with Crippen molar-refractivity contribution in [2.75, 3.05) is 43.8 Å². The molecule has 2 atom stereocenters. The van der Waals surface area contributed by atoms with Crippen molar-refractivity contribution in [1.29, 1.82) is 0 Å². The van der Waals surface area contributed by atoms with Crippen LogP contribution in [-0.4, -0.2) is 79.6 Å². The number of morpholine rings is 1. The third-order valence-electron chi connectivity index (χ3n) is 6.22. The number of nitrogens with one attached hydrogen (secondary N) is 3. The van der Waals surface area contributed by atoms with E-state index >= 15 is 0 Å². The van der Waals surface area contributed by atoms with Gasteiger partial charge >= 0.3 is 0 Å². The maximum atomic E-state index is 13.0. The van der Waals surface area contributed by atoms with Gasteiger partial charge in [-0.05, 0) is 42.7 Å². The molecule has 1 amide bonds. The van der Waals surface area contributed by atoms with E-state index < -0.39 is 16.1 Å².